The van der Waals surface area contributed by atoms with Crippen molar-refractivity contribution >= 4 is 11.8 Å². The Balaban J connectivity index is 2.09. The largest absolute Gasteiger partial charge is 0.508 e. The molecule has 2 N–H and O–H groups in total. The Labute approximate surface area is 112 Å². The van der Waals surface area contributed by atoms with Crippen LogP contribution in [-0.4, -0.2) is 41.0 Å². The molecule has 19 heavy (non-hydrogen) atoms. The van der Waals surface area contributed by atoms with Gasteiger partial charge in [-0.25, -0.2) is 0 Å². The smallest absolute Gasteiger partial charge is 0.254 e. The summed E-state index contributed by atoms with van der Waals surface area (Å²) in [5.41, 5.74) is 1.11. The summed E-state index contributed by atoms with van der Waals surface area (Å²) in [6, 6.07) is 4.97. The second kappa shape index (κ2) is 5.30. The van der Waals surface area contributed by atoms with Crippen molar-refractivity contribution in [3.8, 4) is 5.75 Å². The van der Waals surface area contributed by atoms with Crippen LogP contribution in [0.5, 0.6) is 5.75 Å². The predicted octanol–water partition coefficient (Wildman–Crippen LogP) is 1.05. The van der Waals surface area contributed by atoms with Crippen molar-refractivity contribution in [3.63, 3.8) is 0 Å². The topological polar surface area (TPSA) is 69.6 Å². The van der Waals surface area contributed by atoms with Gasteiger partial charge in [-0.1, -0.05) is 6.07 Å². The number of amides is 2. The van der Waals surface area contributed by atoms with Crippen molar-refractivity contribution in [1.82, 2.24) is 10.2 Å². The number of carbonyl (C=O) groups excluding carboxylic acids is 2. The highest BCUT2D eigenvalue weighted by molar-refractivity contribution is 5.96. The summed E-state index contributed by atoms with van der Waals surface area (Å²) in [6.45, 7) is 4.35. The fraction of sp³-hybridized carbons (Fsp3) is 0.429. The standard InChI is InChI=1S/C14H18N2O3/c1-9-12(4-3-5-13(9)18)14(19)16-7-6-11(8-16)15-10(2)17/h3-5,11,18H,6-8H2,1-2H3,(H,15,17). The van der Waals surface area contributed by atoms with Crippen molar-refractivity contribution in [2.24, 2.45) is 0 Å². The van der Waals surface area contributed by atoms with Gasteiger partial charge in [-0.05, 0) is 25.5 Å². The molecule has 0 saturated carbocycles. The van der Waals surface area contributed by atoms with E-state index in [2.05, 4.69) is 5.32 Å². The van der Waals surface area contributed by atoms with Crippen LogP contribution in [0.2, 0.25) is 0 Å². The molecule has 0 radical (unpaired) electrons. The number of nitrogens with zero attached hydrogens (tertiary/aromatic N) is 1. The Morgan fingerprint density at radius 2 is 2.16 bits per heavy atom. The van der Waals surface area contributed by atoms with Gasteiger partial charge in [0.25, 0.3) is 5.91 Å². The molecule has 2 rings (SSSR count). The Kier molecular flexibility index (Phi) is 3.74. The summed E-state index contributed by atoms with van der Waals surface area (Å²) in [7, 11) is 0. The van der Waals surface area contributed by atoms with E-state index in [0.717, 1.165) is 6.42 Å². The third kappa shape index (κ3) is 2.86. The molecule has 102 valence electrons. The van der Waals surface area contributed by atoms with Crippen LogP contribution in [0, 0.1) is 6.92 Å². The number of likely N-dealkylation sites (tertiary alicyclic amines) is 1. The summed E-state index contributed by atoms with van der Waals surface area (Å²) < 4.78 is 0. The van der Waals surface area contributed by atoms with Crippen molar-refractivity contribution in [2.75, 3.05) is 13.1 Å². The number of phenolic OH excluding ortho intramolecular Hbond substituents is 1. The summed E-state index contributed by atoms with van der Waals surface area (Å²) in [5.74, 6) is -0.0439. The second-order valence-corrected chi connectivity index (χ2v) is 4.89. The van der Waals surface area contributed by atoms with Gasteiger partial charge in [-0.3, -0.25) is 9.59 Å². The average molecular weight is 262 g/mol. The van der Waals surface area contributed by atoms with E-state index in [0.29, 0.717) is 24.2 Å². The zero-order valence-electron chi connectivity index (χ0n) is 11.1. The summed E-state index contributed by atoms with van der Waals surface area (Å²) in [6.07, 6.45) is 0.767. The maximum Gasteiger partial charge on any atom is 0.254 e. The number of rotatable bonds is 2. The maximum atomic E-state index is 12.4. The molecule has 5 nitrogen and oxygen atoms in total. The normalized spacial score (nSPS) is 18.4. The lowest BCUT2D eigenvalue weighted by Crippen LogP contribution is -2.37. The fourth-order valence-corrected chi connectivity index (χ4v) is 2.38. The van der Waals surface area contributed by atoms with Gasteiger partial charge in [0.15, 0.2) is 0 Å². The molecule has 2 amide bonds. The zero-order chi connectivity index (χ0) is 14.0. The number of hydrogen-bond donors (Lipinski definition) is 2. The van der Waals surface area contributed by atoms with Crippen molar-refractivity contribution in [3.05, 3.63) is 29.3 Å². The Morgan fingerprint density at radius 3 is 2.84 bits per heavy atom. The van der Waals surface area contributed by atoms with Crippen LogP contribution in [0.15, 0.2) is 18.2 Å². The third-order valence-corrected chi connectivity index (χ3v) is 3.42. The molecule has 1 fully saturated rings. The lowest BCUT2D eigenvalue weighted by Gasteiger charge is -2.18. The van der Waals surface area contributed by atoms with Crippen LogP contribution < -0.4 is 5.32 Å². The van der Waals surface area contributed by atoms with Gasteiger partial charge in [0, 0.05) is 37.2 Å². The Morgan fingerprint density at radius 1 is 1.42 bits per heavy atom. The molecule has 1 heterocycles. The van der Waals surface area contributed by atoms with Crippen LogP contribution in [0.25, 0.3) is 0 Å². The van der Waals surface area contributed by atoms with Gasteiger partial charge in [-0.15, -0.1) is 0 Å². The van der Waals surface area contributed by atoms with Crippen molar-refractivity contribution in [1.29, 1.82) is 0 Å². The summed E-state index contributed by atoms with van der Waals surface area (Å²) >= 11 is 0. The molecule has 1 aliphatic heterocycles. The minimum Gasteiger partial charge on any atom is -0.508 e. The van der Waals surface area contributed by atoms with Crippen LogP contribution in [0.3, 0.4) is 0 Å². The van der Waals surface area contributed by atoms with Crippen LogP contribution in [0.1, 0.15) is 29.3 Å². The first-order valence-corrected chi connectivity index (χ1v) is 6.34. The van der Waals surface area contributed by atoms with Gasteiger partial charge in [0.1, 0.15) is 5.75 Å². The first-order chi connectivity index (χ1) is 8.99. The highest BCUT2D eigenvalue weighted by atomic mass is 16.3. The number of benzene rings is 1. The van der Waals surface area contributed by atoms with Crippen LogP contribution >= 0.6 is 0 Å². The van der Waals surface area contributed by atoms with E-state index >= 15 is 0 Å². The molecule has 1 aliphatic rings. The first-order valence-electron chi connectivity index (χ1n) is 6.34. The Bertz CT molecular complexity index is 513. The molecule has 1 atom stereocenters. The molecule has 1 unspecified atom stereocenters. The molecule has 0 aromatic heterocycles. The molecule has 1 aromatic rings. The molecule has 0 aliphatic carbocycles. The third-order valence-electron chi connectivity index (χ3n) is 3.42. The predicted molar refractivity (Wildman–Crippen MR) is 71.0 cm³/mol. The SMILES string of the molecule is CC(=O)NC1CCN(C(=O)c2cccc(O)c2C)C1. The van der Waals surface area contributed by atoms with E-state index in [-0.39, 0.29) is 23.6 Å². The summed E-state index contributed by atoms with van der Waals surface area (Å²) in [4.78, 5) is 25.1. The monoisotopic (exact) mass is 262 g/mol. The summed E-state index contributed by atoms with van der Waals surface area (Å²) in [5, 5.41) is 12.5. The van der Waals surface area contributed by atoms with E-state index in [1.807, 2.05) is 0 Å². The lowest BCUT2D eigenvalue weighted by molar-refractivity contribution is -0.119. The molecule has 1 aromatic carbocycles. The second-order valence-electron chi connectivity index (χ2n) is 4.89. The molecule has 0 spiro atoms. The first kappa shape index (κ1) is 13.4. The minimum absolute atomic E-state index is 0.0269. The Hall–Kier alpha value is -2.04. The van der Waals surface area contributed by atoms with Gasteiger partial charge in [0.2, 0.25) is 5.91 Å². The lowest BCUT2D eigenvalue weighted by atomic mass is 10.1. The van der Waals surface area contributed by atoms with Gasteiger partial charge in [0.05, 0.1) is 0 Å². The quantitative estimate of drug-likeness (QED) is 0.837. The van der Waals surface area contributed by atoms with Gasteiger partial charge in [-0.2, -0.15) is 0 Å². The van der Waals surface area contributed by atoms with E-state index < -0.39 is 0 Å². The molecule has 5 heteroatoms. The highest BCUT2D eigenvalue weighted by Crippen LogP contribution is 2.22. The van der Waals surface area contributed by atoms with Crippen molar-refractivity contribution < 1.29 is 14.7 Å². The number of hydrogen-bond acceptors (Lipinski definition) is 3. The molecule has 1 saturated heterocycles. The number of phenols is 1. The molecule has 0 bridgehead atoms. The average Bonchev–Trinajstić information content (AvgIpc) is 2.79. The zero-order valence-corrected chi connectivity index (χ0v) is 11.1. The van der Waals surface area contributed by atoms with Gasteiger partial charge >= 0.3 is 0 Å². The number of aromatic hydroxyl groups is 1. The highest BCUT2D eigenvalue weighted by Gasteiger charge is 2.28. The number of nitrogens with one attached hydrogen (secondary N) is 1. The van der Waals surface area contributed by atoms with E-state index in [4.69, 9.17) is 0 Å². The van der Waals surface area contributed by atoms with Crippen molar-refractivity contribution in [2.45, 2.75) is 26.3 Å². The van der Waals surface area contributed by atoms with E-state index in [1.165, 1.54) is 6.92 Å². The van der Waals surface area contributed by atoms with Gasteiger partial charge < -0.3 is 15.3 Å². The minimum atomic E-state index is -0.0961. The van der Waals surface area contributed by atoms with Crippen LogP contribution in [-0.2, 0) is 4.79 Å². The fourth-order valence-electron chi connectivity index (χ4n) is 2.38. The maximum absolute atomic E-state index is 12.4. The molecular weight excluding hydrogens is 244 g/mol. The number of carbonyl (C=O) groups is 2. The van der Waals surface area contributed by atoms with Crippen LogP contribution in [0.4, 0.5) is 0 Å². The van der Waals surface area contributed by atoms with E-state index in [1.54, 1.807) is 30.0 Å². The molecular formula is C14H18N2O3. The van der Waals surface area contributed by atoms with E-state index in [9.17, 15) is 14.7 Å².